The van der Waals surface area contributed by atoms with Crippen LogP contribution >= 0.6 is 0 Å². The Balaban J connectivity index is 5.38. The van der Waals surface area contributed by atoms with Crippen molar-refractivity contribution in [3.05, 3.63) is 0 Å². The molecule has 22 nitrogen and oxygen atoms in total. The van der Waals surface area contributed by atoms with Crippen LogP contribution in [0.2, 0.25) is 13.1 Å². The Labute approximate surface area is 546 Å². The molecule has 16 atom stereocenters. The molecule has 1 saturated heterocycles. The predicted molar refractivity (Wildman–Crippen MR) is 358 cm³/mol. The highest BCUT2D eigenvalue weighted by molar-refractivity contribution is 6.90. The van der Waals surface area contributed by atoms with E-state index >= 15 is 0 Å². The molecule has 0 amide bonds. The third-order valence-electron chi connectivity index (χ3n) is 15.2. The van der Waals surface area contributed by atoms with Crippen molar-refractivity contribution in [2.24, 2.45) is 0 Å². The zero-order valence-corrected chi connectivity index (χ0v) is 69.0. The fraction of sp³-hybridized carbons (Fsp3) is 1.00. The average molecular weight is 1410 g/mol. The Morgan fingerprint density at radius 2 is 0.443 bits per heavy atom. The van der Waals surface area contributed by atoms with Gasteiger partial charge in [0.2, 0.25) is 0 Å². The summed E-state index contributed by atoms with van der Waals surface area (Å²) in [4.78, 5) is 0. The van der Waals surface area contributed by atoms with Gasteiger partial charge in [0, 0.05) is 98.5 Å². The Hall–Kier alpha value is 0.855. The molecule has 1 aliphatic heterocycles. The van der Waals surface area contributed by atoms with Crippen LogP contribution in [0.4, 0.5) is 0 Å². The maximum atomic E-state index is 7.91. The van der Waals surface area contributed by atoms with Gasteiger partial charge in [0.1, 0.15) is 0 Å². The highest BCUT2D eigenvalue weighted by Gasteiger charge is 2.79. The third-order valence-corrected chi connectivity index (χ3v) is 43.8. The van der Waals surface area contributed by atoms with Crippen LogP contribution in [0.1, 0.15) is 284 Å². The summed E-state index contributed by atoms with van der Waals surface area (Å²) in [5.41, 5.74) is 0. The minimum atomic E-state index is -5.25. The van der Waals surface area contributed by atoms with E-state index in [9.17, 15) is 0 Å². The Morgan fingerprint density at radius 1 is 0.250 bits per heavy atom. The fourth-order valence-corrected chi connectivity index (χ4v) is 40.3. The Kier molecular flexibility index (Phi) is 40.7. The zero-order chi connectivity index (χ0) is 67.5. The van der Waals surface area contributed by atoms with E-state index in [-0.39, 0.29) is 0 Å². The van der Waals surface area contributed by atoms with Gasteiger partial charge in [-0.25, -0.2) is 0 Å². The van der Waals surface area contributed by atoms with Crippen LogP contribution in [0.25, 0.3) is 0 Å². The molecule has 1 fully saturated rings. The van der Waals surface area contributed by atoms with E-state index in [1.54, 1.807) is 13.1 Å². The molecule has 1 aliphatic rings. The van der Waals surface area contributed by atoms with E-state index in [1.165, 1.54) is 0 Å². The summed E-state index contributed by atoms with van der Waals surface area (Å²) >= 11 is 0. The molecule has 30 heteroatoms. The minimum absolute atomic E-state index is 0.396. The second-order valence-corrected chi connectivity index (χ2v) is 43.5. The second kappa shape index (κ2) is 41.2. The maximum absolute atomic E-state index is 7.91. The Bertz CT molecular complexity index is 1690. The quantitative estimate of drug-likeness (QED) is 0.0520. The standard InChI is InChI=1S/C58H132O22Si8/c1-31-45(15)59-83(60-46(16)32-2,61-47(17)33-3)73-81(29,74-84(62-48(18)34-4,63-49(19)35-5)64-50(20)36-6)76-86(68-54(24)40-10,69-55(25)41-11)79-88(72-58(28)44-14)78-82(30,77-87(80-88,70-56(26)42-12)71-57(27)43-13)75-85(65-51(21)37-7,66-52(22)38-8)67-53(23)39-9/h45-58H,31-44H2,1-30H3. The topological polar surface area (TPSA) is 203 Å². The van der Waals surface area contributed by atoms with Gasteiger partial charge in [-0.3, -0.25) is 0 Å². The summed E-state index contributed by atoms with van der Waals surface area (Å²) in [5.74, 6) is 0. The third kappa shape index (κ3) is 29.7. The number of rotatable bonds is 52. The SMILES string of the molecule is CCC(C)O[Si](OC(C)CC)(OC(C)CC)O[Si](C)(O[Si](OC(C)CC)(OC(C)CC)OC(C)CC)O[Si](OC(C)CC)(OC(C)CC)O[Si]1(OC(C)CC)O[Si](C)(O[Si](OC(C)CC)(OC(C)CC)OC(C)CC)O[Si](OC(C)CC)(OC(C)CC)O1. The molecule has 0 bridgehead atoms. The molecule has 88 heavy (non-hydrogen) atoms. The number of hydrogen-bond donors (Lipinski definition) is 0. The Morgan fingerprint density at radius 3 is 0.682 bits per heavy atom. The molecule has 0 aromatic rings. The van der Waals surface area contributed by atoms with Crippen molar-refractivity contribution in [3.63, 3.8) is 0 Å². The number of hydrogen-bond acceptors (Lipinski definition) is 22. The van der Waals surface area contributed by atoms with Crippen LogP contribution in [0.15, 0.2) is 0 Å². The van der Waals surface area contributed by atoms with Gasteiger partial charge in [-0.15, -0.1) is 0 Å². The lowest BCUT2D eigenvalue weighted by Gasteiger charge is -2.51. The molecule has 1 heterocycles. The lowest BCUT2D eigenvalue weighted by Crippen LogP contribution is -2.80. The van der Waals surface area contributed by atoms with Crippen molar-refractivity contribution >= 4 is 71.9 Å². The molecule has 0 N–H and O–H groups in total. The zero-order valence-electron chi connectivity index (χ0n) is 61.0. The van der Waals surface area contributed by atoms with Crippen LogP contribution in [0.5, 0.6) is 0 Å². The summed E-state index contributed by atoms with van der Waals surface area (Å²) in [6, 6.07) is 0. The van der Waals surface area contributed by atoms with Crippen molar-refractivity contribution in [2.75, 3.05) is 0 Å². The summed E-state index contributed by atoms with van der Waals surface area (Å²) in [6.45, 7) is 58.7. The van der Waals surface area contributed by atoms with Gasteiger partial charge < -0.3 is 94.9 Å². The summed E-state index contributed by atoms with van der Waals surface area (Å²) in [7, 11) is -38.3. The monoisotopic (exact) mass is 1400 g/mol. The van der Waals surface area contributed by atoms with Gasteiger partial charge in [0.15, 0.2) is 0 Å². The molecular weight excluding hydrogens is 1270 g/mol. The first-order valence-electron chi connectivity index (χ1n) is 34.1. The molecule has 0 aromatic carbocycles. The lowest BCUT2D eigenvalue weighted by atomic mass is 10.3. The van der Waals surface area contributed by atoms with Crippen LogP contribution in [0, 0.1) is 0 Å². The lowest BCUT2D eigenvalue weighted by molar-refractivity contribution is -0.121. The minimum Gasteiger partial charge on any atom is -0.350 e. The molecule has 1 rings (SSSR count). The normalized spacial score (nSPS) is 26.9. The predicted octanol–water partition coefficient (Wildman–Crippen LogP) is 15.3. The van der Waals surface area contributed by atoms with Crippen LogP contribution in [0.3, 0.4) is 0 Å². The average Bonchev–Trinajstić information content (AvgIpc) is 0.772. The van der Waals surface area contributed by atoms with Gasteiger partial charge >= 0.3 is 71.9 Å². The molecule has 0 aromatic heterocycles. The van der Waals surface area contributed by atoms with Crippen LogP contribution < -0.4 is 0 Å². The van der Waals surface area contributed by atoms with E-state index in [1.807, 2.05) is 194 Å². The van der Waals surface area contributed by atoms with Gasteiger partial charge in [0.05, 0.1) is 0 Å². The summed E-state index contributed by atoms with van der Waals surface area (Å²) in [6.07, 6.45) is 0.946. The van der Waals surface area contributed by atoms with Crippen LogP contribution in [-0.2, 0) is 94.9 Å². The van der Waals surface area contributed by atoms with Gasteiger partial charge in [-0.2, -0.15) is 0 Å². The van der Waals surface area contributed by atoms with Crippen molar-refractivity contribution in [1.29, 1.82) is 0 Å². The first-order valence-corrected chi connectivity index (χ1v) is 48.4. The molecule has 0 radical (unpaired) electrons. The maximum Gasteiger partial charge on any atom is 0.672 e. The highest BCUT2D eigenvalue weighted by Crippen LogP contribution is 2.43. The summed E-state index contributed by atoms with van der Waals surface area (Å²) < 4.78 is 161. The van der Waals surface area contributed by atoms with Gasteiger partial charge in [0.25, 0.3) is 0 Å². The van der Waals surface area contributed by atoms with E-state index in [0.29, 0.717) is 89.9 Å². The second-order valence-electron chi connectivity index (χ2n) is 24.3. The van der Waals surface area contributed by atoms with Crippen molar-refractivity contribution < 1.29 is 94.9 Å². The molecule has 0 saturated carbocycles. The van der Waals surface area contributed by atoms with E-state index in [0.717, 1.165) is 0 Å². The molecule has 16 unspecified atom stereocenters. The molecule has 0 aliphatic carbocycles. The van der Waals surface area contributed by atoms with Crippen molar-refractivity contribution in [1.82, 2.24) is 0 Å². The van der Waals surface area contributed by atoms with Gasteiger partial charge in [-0.05, 0) is 187 Å². The molecule has 528 valence electrons. The highest BCUT2D eigenvalue weighted by atomic mass is 28.6. The largest absolute Gasteiger partial charge is 0.672 e. The van der Waals surface area contributed by atoms with Crippen LogP contribution in [-0.4, -0.2) is 157 Å². The van der Waals surface area contributed by atoms with E-state index in [4.69, 9.17) is 94.9 Å². The molecule has 0 spiro atoms. The van der Waals surface area contributed by atoms with E-state index < -0.39 is 157 Å². The van der Waals surface area contributed by atoms with Crippen molar-refractivity contribution in [2.45, 2.75) is 382 Å². The fourth-order valence-electron chi connectivity index (χ4n) is 7.30. The molecular formula is C58H132O22Si8. The van der Waals surface area contributed by atoms with E-state index in [2.05, 4.69) is 0 Å². The van der Waals surface area contributed by atoms with Crippen molar-refractivity contribution in [3.8, 4) is 0 Å². The van der Waals surface area contributed by atoms with Gasteiger partial charge in [-0.1, -0.05) is 96.9 Å². The smallest absolute Gasteiger partial charge is 0.350 e. The first kappa shape index (κ1) is 86.9. The first-order chi connectivity index (χ1) is 41.0. The summed E-state index contributed by atoms with van der Waals surface area (Å²) in [5, 5.41) is 0.